The van der Waals surface area contributed by atoms with Gasteiger partial charge in [-0.05, 0) is 6.92 Å². The van der Waals surface area contributed by atoms with Crippen molar-refractivity contribution in [2.75, 3.05) is 20.8 Å². The number of hydrogen-bond acceptors (Lipinski definition) is 4. The largest absolute Gasteiger partial charge is 0.355 e. The van der Waals surface area contributed by atoms with Crippen LogP contribution in [0.3, 0.4) is 0 Å². The number of Topliss-reactive ketones (excluding diaryl/α,β-unsaturated/α-hetero) is 1. The molecule has 0 aromatic heterocycles. The van der Waals surface area contributed by atoms with Crippen molar-refractivity contribution in [2.24, 2.45) is 0 Å². The number of hydroxylamine groups is 2. The van der Waals surface area contributed by atoms with Gasteiger partial charge >= 0.3 is 0 Å². The van der Waals surface area contributed by atoms with Crippen LogP contribution in [0.1, 0.15) is 6.92 Å². The molecule has 1 aliphatic rings. The molecule has 0 bridgehead atoms. The van der Waals surface area contributed by atoms with Crippen LogP contribution < -0.4 is 0 Å². The van der Waals surface area contributed by atoms with Gasteiger partial charge in [-0.2, -0.15) is 5.06 Å². The summed E-state index contributed by atoms with van der Waals surface area (Å²) in [4.78, 5) is 16.0. The van der Waals surface area contributed by atoms with Crippen molar-refractivity contribution >= 4 is 5.78 Å². The molecule has 0 amide bonds. The highest BCUT2D eigenvalue weighted by Crippen LogP contribution is 2.21. The third-order valence-electron chi connectivity index (χ3n) is 1.91. The normalized spacial score (nSPS) is 35.3. The minimum atomic E-state index is -0.875. The summed E-state index contributed by atoms with van der Waals surface area (Å²) in [7, 11) is 3.16. The van der Waals surface area contributed by atoms with Crippen LogP contribution in [0.25, 0.3) is 0 Å². The van der Waals surface area contributed by atoms with Gasteiger partial charge in [-0.3, -0.25) is 9.63 Å². The van der Waals surface area contributed by atoms with E-state index in [9.17, 15) is 4.79 Å². The van der Waals surface area contributed by atoms with Gasteiger partial charge < -0.3 is 4.74 Å². The van der Waals surface area contributed by atoms with E-state index in [1.807, 2.05) is 0 Å². The second-order valence-electron chi connectivity index (χ2n) is 2.38. The molecule has 0 aromatic carbocycles. The average Bonchev–Trinajstić information content (AvgIpc) is 2.18. The van der Waals surface area contributed by atoms with E-state index in [0.717, 1.165) is 0 Å². The number of nitrogens with zero attached hydrogens (tertiary/aromatic N) is 1. The Balaban J connectivity index is 2.80. The Labute approximate surface area is 59.7 Å². The molecule has 4 heteroatoms. The number of methoxy groups -OCH3 is 1. The van der Waals surface area contributed by atoms with Crippen LogP contribution in [0, 0.1) is 0 Å². The summed E-state index contributed by atoms with van der Waals surface area (Å²) in [6.07, 6.45) is 0. The molecule has 1 fully saturated rings. The van der Waals surface area contributed by atoms with E-state index >= 15 is 0 Å². The van der Waals surface area contributed by atoms with E-state index in [2.05, 4.69) is 0 Å². The van der Waals surface area contributed by atoms with Crippen LogP contribution in [-0.4, -0.2) is 37.3 Å². The lowest BCUT2D eigenvalue weighted by Crippen LogP contribution is -2.44. The van der Waals surface area contributed by atoms with Crippen LogP contribution in [0.15, 0.2) is 0 Å². The second kappa shape index (κ2) is 2.30. The maximum Gasteiger partial charge on any atom is 0.209 e. The Morgan fingerprint density at radius 2 is 2.40 bits per heavy atom. The molecule has 10 heavy (non-hydrogen) atoms. The van der Waals surface area contributed by atoms with Gasteiger partial charge in [0.2, 0.25) is 11.5 Å². The first-order valence-corrected chi connectivity index (χ1v) is 3.06. The van der Waals surface area contributed by atoms with Crippen molar-refractivity contribution in [1.29, 1.82) is 0 Å². The van der Waals surface area contributed by atoms with E-state index in [4.69, 9.17) is 9.57 Å². The predicted molar refractivity (Wildman–Crippen MR) is 34.1 cm³/mol. The first-order chi connectivity index (χ1) is 4.61. The molecule has 0 N–H and O–H groups in total. The number of ether oxygens (including phenoxy) is 1. The van der Waals surface area contributed by atoms with E-state index in [-0.39, 0.29) is 12.4 Å². The summed E-state index contributed by atoms with van der Waals surface area (Å²) in [6.45, 7) is 1.79. The van der Waals surface area contributed by atoms with Crippen LogP contribution >= 0.6 is 0 Å². The van der Waals surface area contributed by atoms with Crippen molar-refractivity contribution in [2.45, 2.75) is 12.6 Å². The van der Waals surface area contributed by atoms with E-state index in [1.54, 1.807) is 14.0 Å². The predicted octanol–water partition coefficient (Wildman–Crippen LogP) is -0.205. The molecule has 0 aromatic rings. The highest BCUT2D eigenvalue weighted by molar-refractivity contribution is 5.88. The number of carbonyl (C=O) groups is 1. The lowest BCUT2D eigenvalue weighted by atomic mass is 10.2. The van der Waals surface area contributed by atoms with Crippen LogP contribution in [0.2, 0.25) is 0 Å². The van der Waals surface area contributed by atoms with Gasteiger partial charge in [0.1, 0.15) is 6.61 Å². The lowest BCUT2D eigenvalue weighted by Gasteiger charge is -2.25. The topological polar surface area (TPSA) is 38.8 Å². The minimum absolute atomic E-state index is 0.0440. The molecule has 0 aliphatic carbocycles. The van der Waals surface area contributed by atoms with Crippen LogP contribution in [0.4, 0.5) is 0 Å². The Morgan fingerprint density at radius 3 is 2.60 bits per heavy atom. The molecule has 58 valence electrons. The van der Waals surface area contributed by atoms with Crippen LogP contribution in [-0.2, 0) is 14.4 Å². The highest BCUT2D eigenvalue weighted by atomic mass is 16.7. The molecule has 0 radical (unpaired) electrons. The summed E-state index contributed by atoms with van der Waals surface area (Å²) < 4.78 is 4.97. The number of hydrogen-bond donors (Lipinski definition) is 0. The van der Waals surface area contributed by atoms with Gasteiger partial charge in [0.05, 0.1) is 0 Å². The Morgan fingerprint density at radius 1 is 1.80 bits per heavy atom. The Kier molecular flexibility index (Phi) is 1.76. The standard InChI is InChI=1S/C6H11NO3/c1-6(9-3)5(8)4-10-7(6)2/h4H2,1-3H3. The van der Waals surface area contributed by atoms with Crippen molar-refractivity contribution in [3.05, 3.63) is 0 Å². The Hall–Kier alpha value is -0.450. The van der Waals surface area contributed by atoms with Crippen molar-refractivity contribution in [3.8, 4) is 0 Å². The summed E-state index contributed by atoms with van der Waals surface area (Å²) in [6, 6.07) is 0. The SMILES string of the molecule is COC1(C)C(=O)CON1C. The maximum atomic E-state index is 11.0. The third-order valence-corrected chi connectivity index (χ3v) is 1.91. The molecule has 4 nitrogen and oxygen atoms in total. The lowest BCUT2D eigenvalue weighted by molar-refractivity contribution is -0.220. The summed E-state index contributed by atoms with van der Waals surface area (Å²) in [5, 5.41) is 1.43. The molecular weight excluding hydrogens is 134 g/mol. The van der Waals surface area contributed by atoms with E-state index in [1.165, 1.54) is 12.2 Å². The quantitative estimate of drug-likeness (QED) is 0.512. The van der Waals surface area contributed by atoms with Gasteiger partial charge in [0.25, 0.3) is 0 Å². The maximum absolute atomic E-state index is 11.0. The molecule has 1 rings (SSSR count). The van der Waals surface area contributed by atoms with Crippen molar-refractivity contribution in [3.63, 3.8) is 0 Å². The van der Waals surface area contributed by atoms with E-state index < -0.39 is 5.72 Å². The van der Waals surface area contributed by atoms with Gasteiger partial charge in [-0.1, -0.05) is 0 Å². The summed E-state index contributed by atoms with van der Waals surface area (Å²) in [5.74, 6) is -0.0440. The average molecular weight is 145 g/mol. The first kappa shape index (κ1) is 7.65. The molecule has 0 saturated carbocycles. The fourth-order valence-electron chi connectivity index (χ4n) is 0.831. The number of rotatable bonds is 1. The number of ketones is 1. The van der Waals surface area contributed by atoms with E-state index in [0.29, 0.717) is 0 Å². The molecule has 1 aliphatic heterocycles. The molecular formula is C6H11NO3. The smallest absolute Gasteiger partial charge is 0.209 e. The second-order valence-corrected chi connectivity index (χ2v) is 2.38. The zero-order valence-electron chi connectivity index (χ0n) is 6.38. The molecule has 1 heterocycles. The van der Waals surface area contributed by atoms with Crippen molar-refractivity contribution in [1.82, 2.24) is 5.06 Å². The fourth-order valence-corrected chi connectivity index (χ4v) is 0.831. The summed E-state index contributed by atoms with van der Waals surface area (Å²) >= 11 is 0. The monoisotopic (exact) mass is 145 g/mol. The highest BCUT2D eigenvalue weighted by Gasteiger charge is 2.44. The number of carbonyl (C=O) groups excluding carboxylic acids is 1. The zero-order chi connectivity index (χ0) is 7.78. The van der Waals surface area contributed by atoms with Gasteiger partial charge in [-0.15, -0.1) is 0 Å². The third kappa shape index (κ3) is 0.847. The first-order valence-electron chi connectivity index (χ1n) is 3.06. The van der Waals surface area contributed by atoms with Gasteiger partial charge in [-0.25, -0.2) is 0 Å². The van der Waals surface area contributed by atoms with Gasteiger partial charge in [0.15, 0.2) is 0 Å². The van der Waals surface area contributed by atoms with Crippen molar-refractivity contribution < 1.29 is 14.4 Å². The molecule has 1 atom stereocenters. The molecule has 0 spiro atoms. The Bertz CT molecular complexity index is 159. The zero-order valence-corrected chi connectivity index (χ0v) is 6.38. The molecule has 1 unspecified atom stereocenters. The van der Waals surface area contributed by atoms with Crippen LogP contribution in [0.5, 0.6) is 0 Å². The minimum Gasteiger partial charge on any atom is -0.355 e. The number of likely N-dealkylation sites (N-methyl/N-ethyl adjacent to an activating group) is 1. The molecule has 1 saturated heterocycles. The van der Waals surface area contributed by atoms with Gasteiger partial charge in [0, 0.05) is 14.2 Å². The fraction of sp³-hybridized carbons (Fsp3) is 0.833. The summed E-state index contributed by atoms with van der Waals surface area (Å²) in [5.41, 5.74) is -0.875.